The number of carboxylic acids is 1. The highest BCUT2D eigenvalue weighted by Gasteiger charge is 2.65. The Balaban J connectivity index is 3.17. The van der Waals surface area contributed by atoms with Crippen molar-refractivity contribution < 1.29 is 33.7 Å². The predicted molar refractivity (Wildman–Crippen MR) is 57.1 cm³/mol. The first kappa shape index (κ1) is 15.6. The van der Waals surface area contributed by atoms with Gasteiger partial charge in [0.15, 0.2) is 0 Å². The summed E-state index contributed by atoms with van der Waals surface area (Å²) in [7, 11) is -9.94. The van der Waals surface area contributed by atoms with Crippen LogP contribution in [0.2, 0.25) is 0 Å². The second kappa shape index (κ2) is 3.79. The van der Waals surface area contributed by atoms with Gasteiger partial charge in [0.2, 0.25) is 0 Å². The number of hydrogen-bond acceptors (Lipinski definition) is 2. The average Bonchev–Trinajstić information content (AvgIpc) is 2.16. The third-order valence-electron chi connectivity index (χ3n) is 2.23. The van der Waals surface area contributed by atoms with Gasteiger partial charge in [-0.3, -0.25) is 4.79 Å². The maximum atomic E-state index is 13.3. The second-order valence-corrected chi connectivity index (χ2v) is 6.28. The summed E-state index contributed by atoms with van der Waals surface area (Å²) < 4.78 is 75.1. The zero-order valence-corrected chi connectivity index (χ0v) is 9.94. The Hall–Kier alpha value is -1.42. The molecule has 0 radical (unpaired) electrons. The molecule has 1 atom stereocenters. The third kappa shape index (κ3) is 4.03. The van der Waals surface area contributed by atoms with Gasteiger partial charge in [-0.1, -0.05) is 25.5 Å². The van der Waals surface area contributed by atoms with Gasteiger partial charge in [-0.15, -0.1) is 0 Å². The van der Waals surface area contributed by atoms with E-state index >= 15 is 0 Å². The van der Waals surface area contributed by atoms with Crippen LogP contribution < -0.4 is 5.73 Å². The van der Waals surface area contributed by atoms with E-state index in [1.165, 1.54) is 0 Å². The first-order valence-electron chi connectivity index (χ1n) is 4.71. The largest absolute Gasteiger partial charge is 0.480 e. The number of carbonyl (C=O) groups is 1. The molecule has 19 heavy (non-hydrogen) atoms. The van der Waals surface area contributed by atoms with Gasteiger partial charge in [0.1, 0.15) is 16.8 Å². The molecule has 1 rings (SSSR count). The van der Waals surface area contributed by atoms with Gasteiger partial charge in [0, 0.05) is 6.42 Å². The molecule has 0 spiro atoms. The minimum atomic E-state index is -9.94. The van der Waals surface area contributed by atoms with Crippen LogP contribution in [-0.2, 0) is 11.2 Å². The van der Waals surface area contributed by atoms with Crippen LogP contribution in [0.1, 0.15) is 5.56 Å². The Bertz CT molecular complexity index is 529. The van der Waals surface area contributed by atoms with Crippen molar-refractivity contribution in [3.8, 4) is 0 Å². The lowest BCUT2D eigenvalue weighted by atomic mass is 10.1. The van der Waals surface area contributed by atoms with Crippen molar-refractivity contribution in [3.63, 3.8) is 0 Å². The number of benzene rings is 1. The van der Waals surface area contributed by atoms with E-state index in [4.69, 9.17) is 10.8 Å². The Kier molecular flexibility index (Phi) is 3.12. The molecule has 1 aromatic carbocycles. The van der Waals surface area contributed by atoms with Crippen molar-refractivity contribution in [1.82, 2.24) is 0 Å². The minimum absolute atomic E-state index is 0.00847. The number of halogens is 6. The van der Waals surface area contributed by atoms with E-state index in [0.717, 1.165) is 0 Å². The molecular formula is C9H9F6NO2S. The zero-order valence-electron chi connectivity index (χ0n) is 9.13. The van der Waals surface area contributed by atoms with Gasteiger partial charge in [0.25, 0.3) is 0 Å². The van der Waals surface area contributed by atoms with Crippen LogP contribution in [0.15, 0.2) is 23.1 Å². The molecule has 0 fully saturated rings. The fourth-order valence-corrected chi connectivity index (χ4v) is 1.91. The summed E-state index contributed by atoms with van der Waals surface area (Å²) in [6.07, 6.45) is -0.609. The summed E-state index contributed by atoms with van der Waals surface area (Å²) in [5.41, 5.74) is 4.58. The first-order valence-corrected chi connectivity index (χ1v) is 6.67. The topological polar surface area (TPSA) is 63.3 Å². The summed E-state index contributed by atoms with van der Waals surface area (Å²) >= 11 is 0. The lowest BCUT2D eigenvalue weighted by Crippen LogP contribution is -2.32. The van der Waals surface area contributed by atoms with E-state index in [-0.39, 0.29) is 12.1 Å². The van der Waals surface area contributed by atoms with E-state index in [2.05, 4.69) is 0 Å². The van der Waals surface area contributed by atoms with Gasteiger partial charge in [-0.25, -0.2) is 4.39 Å². The Labute approximate surface area is 103 Å². The predicted octanol–water partition coefficient (Wildman–Crippen LogP) is 3.44. The molecule has 0 bridgehead atoms. The quantitative estimate of drug-likeness (QED) is 0.838. The van der Waals surface area contributed by atoms with Crippen LogP contribution in [0.5, 0.6) is 0 Å². The molecule has 0 saturated heterocycles. The minimum Gasteiger partial charge on any atom is -0.480 e. The fourth-order valence-electron chi connectivity index (χ4n) is 1.26. The average molecular weight is 309 g/mol. The van der Waals surface area contributed by atoms with E-state index in [1.54, 1.807) is 0 Å². The van der Waals surface area contributed by atoms with Crippen LogP contribution in [-0.4, -0.2) is 17.1 Å². The number of aliphatic carboxylic acids is 1. The smallest absolute Gasteiger partial charge is 0.320 e. The Morgan fingerprint density at radius 3 is 2.16 bits per heavy atom. The molecule has 0 saturated carbocycles. The first-order chi connectivity index (χ1) is 8.20. The van der Waals surface area contributed by atoms with Crippen LogP contribution in [0.3, 0.4) is 0 Å². The molecule has 3 N–H and O–H groups in total. The summed E-state index contributed by atoms with van der Waals surface area (Å²) in [6.45, 7) is 0. The molecule has 0 aliphatic heterocycles. The van der Waals surface area contributed by atoms with Crippen LogP contribution in [0.4, 0.5) is 23.8 Å². The maximum Gasteiger partial charge on any atom is 0.320 e. The molecule has 10 heteroatoms. The van der Waals surface area contributed by atoms with Gasteiger partial charge in [-0.05, 0) is 17.7 Å². The Morgan fingerprint density at radius 2 is 1.79 bits per heavy atom. The van der Waals surface area contributed by atoms with E-state index < -0.39 is 44.9 Å². The lowest BCUT2D eigenvalue weighted by Gasteiger charge is -2.40. The maximum absolute atomic E-state index is 13.3. The van der Waals surface area contributed by atoms with E-state index in [9.17, 15) is 28.6 Å². The van der Waals surface area contributed by atoms with Gasteiger partial charge < -0.3 is 10.8 Å². The van der Waals surface area contributed by atoms with Crippen molar-refractivity contribution in [2.45, 2.75) is 17.4 Å². The molecular weight excluding hydrogens is 300 g/mol. The van der Waals surface area contributed by atoms with Crippen molar-refractivity contribution in [1.29, 1.82) is 0 Å². The normalized spacial score (nSPS) is 17.4. The number of nitrogens with two attached hydrogens (primary N) is 1. The van der Waals surface area contributed by atoms with Crippen molar-refractivity contribution >= 4 is 16.2 Å². The third-order valence-corrected chi connectivity index (χ3v) is 3.37. The summed E-state index contributed by atoms with van der Waals surface area (Å²) in [5.74, 6) is -3.07. The molecule has 0 aliphatic rings. The summed E-state index contributed by atoms with van der Waals surface area (Å²) in [5, 5.41) is 8.46. The molecule has 0 aliphatic carbocycles. The van der Waals surface area contributed by atoms with Crippen molar-refractivity contribution in [2.75, 3.05) is 0 Å². The molecule has 1 aromatic rings. The standard InChI is InChI=1S/C9H9F6NO2S/c10-7-4-6(19(11,12,13,14)15)2-1-5(7)3-8(16)9(17)18/h1-2,4,8H,3,16H2,(H,17,18)/t8-/m0/s1. The highest BCUT2D eigenvalue weighted by atomic mass is 32.5. The molecule has 3 nitrogen and oxygen atoms in total. The van der Waals surface area contributed by atoms with Crippen LogP contribution in [0.25, 0.3) is 0 Å². The van der Waals surface area contributed by atoms with Crippen LogP contribution >= 0.6 is 10.2 Å². The summed E-state index contributed by atoms with van der Waals surface area (Å²) in [4.78, 5) is 8.03. The van der Waals surface area contributed by atoms with Crippen molar-refractivity contribution in [2.24, 2.45) is 5.73 Å². The van der Waals surface area contributed by atoms with Crippen LogP contribution in [0, 0.1) is 5.82 Å². The molecule has 0 unspecified atom stereocenters. The molecule has 0 aromatic heterocycles. The van der Waals surface area contributed by atoms with Crippen molar-refractivity contribution in [3.05, 3.63) is 29.6 Å². The monoisotopic (exact) mass is 309 g/mol. The van der Waals surface area contributed by atoms with Gasteiger partial charge >= 0.3 is 16.2 Å². The Morgan fingerprint density at radius 1 is 1.26 bits per heavy atom. The number of hydrogen-bond donors (Lipinski definition) is 2. The van der Waals surface area contributed by atoms with E-state index in [1.807, 2.05) is 0 Å². The number of carboxylic acid groups (broad SMARTS) is 1. The van der Waals surface area contributed by atoms with Gasteiger partial charge in [-0.2, -0.15) is 0 Å². The SMILES string of the molecule is N[C@@H](Cc1ccc(S(F)(F)(F)(F)F)cc1F)C(=O)O. The molecule has 0 amide bonds. The fraction of sp³-hybridized carbons (Fsp3) is 0.222. The number of rotatable bonds is 4. The van der Waals surface area contributed by atoms with Gasteiger partial charge in [0.05, 0.1) is 0 Å². The highest BCUT2D eigenvalue weighted by Crippen LogP contribution is 3.02. The second-order valence-electron chi connectivity index (χ2n) is 3.87. The highest BCUT2D eigenvalue weighted by molar-refractivity contribution is 8.45. The molecule has 0 heterocycles. The summed E-state index contributed by atoms with van der Waals surface area (Å²) in [6, 6.07) is -1.44. The lowest BCUT2D eigenvalue weighted by molar-refractivity contribution is -0.138. The van der Waals surface area contributed by atoms with E-state index in [0.29, 0.717) is 6.07 Å². The molecule has 110 valence electrons. The zero-order chi connectivity index (χ0) is 15.1.